The average Bonchev–Trinajstić information content (AvgIpc) is 1.78. The monoisotopic (exact) mass is 214 g/mol. The molecule has 0 unspecified atom stereocenters. The second-order valence-corrected chi connectivity index (χ2v) is 2.69. The molecule has 0 atom stereocenters. The van der Waals surface area contributed by atoms with Crippen LogP contribution in [0.4, 0.5) is 17.6 Å². The summed E-state index contributed by atoms with van der Waals surface area (Å²) in [5.74, 6) is -2.23. The molecule has 1 aromatic carbocycles. The zero-order valence-electron chi connectivity index (χ0n) is 5.99. The van der Waals surface area contributed by atoms with Crippen LogP contribution in [-0.4, -0.2) is 5.11 Å². The van der Waals surface area contributed by atoms with Crippen LogP contribution in [0.15, 0.2) is 12.1 Å². The van der Waals surface area contributed by atoms with Crippen molar-refractivity contribution in [2.45, 2.75) is 6.18 Å². The van der Waals surface area contributed by atoms with Crippen LogP contribution in [-0.2, 0) is 6.18 Å². The topological polar surface area (TPSA) is 20.2 Å². The van der Waals surface area contributed by atoms with Crippen LogP contribution in [0.1, 0.15) is 5.56 Å². The molecular weight excluding hydrogens is 212 g/mol. The third-order valence-electron chi connectivity index (χ3n) is 1.31. The number of phenolic OH excluding ortho intramolecular Hbond substituents is 1. The Morgan fingerprint density at radius 1 is 1.23 bits per heavy atom. The summed E-state index contributed by atoms with van der Waals surface area (Å²) in [5, 5.41) is 7.84. The lowest BCUT2D eigenvalue weighted by molar-refractivity contribution is -0.139. The normalized spacial score (nSPS) is 11.8. The van der Waals surface area contributed by atoms with Gasteiger partial charge in [-0.25, -0.2) is 4.39 Å². The highest BCUT2D eigenvalue weighted by Crippen LogP contribution is 2.38. The van der Waals surface area contributed by atoms with Crippen molar-refractivity contribution in [3.05, 3.63) is 28.5 Å². The number of aromatic hydroxyl groups is 1. The number of alkyl halides is 3. The van der Waals surface area contributed by atoms with E-state index in [0.717, 1.165) is 0 Å². The van der Waals surface area contributed by atoms with Crippen LogP contribution in [0.25, 0.3) is 0 Å². The predicted molar refractivity (Wildman–Crippen MR) is 38.1 cm³/mol. The van der Waals surface area contributed by atoms with E-state index < -0.39 is 28.3 Å². The van der Waals surface area contributed by atoms with Crippen molar-refractivity contribution < 1.29 is 22.7 Å². The van der Waals surface area contributed by atoms with E-state index in [9.17, 15) is 17.6 Å². The Balaban J connectivity index is 3.38. The van der Waals surface area contributed by atoms with Crippen molar-refractivity contribution in [3.8, 4) is 5.75 Å². The Bertz CT molecular complexity index is 311. The number of rotatable bonds is 0. The van der Waals surface area contributed by atoms with Crippen LogP contribution in [0, 0.1) is 5.82 Å². The highest BCUT2D eigenvalue weighted by molar-refractivity contribution is 6.31. The quantitative estimate of drug-likeness (QED) is 0.658. The van der Waals surface area contributed by atoms with Crippen LogP contribution in [0.2, 0.25) is 5.02 Å². The zero-order valence-corrected chi connectivity index (χ0v) is 6.75. The second-order valence-electron chi connectivity index (χ2n) is 2.28. The maximum Gasteiger partial charge on any atom is 0.420 e. The van der Waals surface area contributed by atoms with Crippen LogP contribution in [0.5, 0.6) is 5.75 Å². The molecule has 0 radical (unpaired) electrons. The molecule has 72 valence electrons. The van der Waals surface area contributed by atoms with Crippen molar-refractivity contribution in [2.75, 3.05) is 0 Å². The van der Waals surface area contributed by atoms with Crippen molar-refractivity contribution in [1.82, 2.24) is 0 Å². The fourth-order valence-electron chi connectivity index (χ4n) is 0.831. The van der Waals surface area contributed by atoms with E-state index in [2.05, 4.69) is 0 Å². The smallest absolute Gasteiger partial charge is 0.420 e. The molecule has 0 saturated carbocycles. The van der Waals surface area contributed by atoms with E-state index in [1.807, 2.05) is 0 Å². The lowest BCUT2D eigenvalue weighted by Crippen LogP contribution is -2.08. The summed E-state index contributed by atoms with van der Waals surface area (Å²) in [5.41, 5.74) is -1.56. The molecule has 1 N–H and O–H groups in total. The standard InChI is InChI=1S/C7H3ClF4O/c8-4-1-3(13)2-5(9)6(4)7(10,11)12/h1-2,13H. The van der Waals surface area contributed by atoms with Crippen molar-refractivity contribution in [3.63, 3.8) is 0 Å². The van der Waals surface area contributed by atoms with Gasteiger partial charge in [0.15, 0.2) is 0 Å². The molecule has 1 aromatic rings. The highest BCUT2D eigenvalue weighted by Gasteiger charge is 2.36. The number of phenols is 1. The third kappa shape index (κ3) is 2.03. The van der Waals surface area contributed by atoms with E-state index in [4.69, 9.17) is 16.7 Å². The van der Waals surface area contributed by atoms with E-state index >= 15 is 0 Å². The van der Waals surface area contributed by atoms with Gasteiger partial charge in [0.2, 0.25) is 0 Å². The number of hydrogen-bond donors (Lipinski definition) is 1. The van der Waals surface area contributed by atoms with Gasteiger partial charge in [0.05, 0.1) is 5.02 Å². The molecule has 13 heavy (non-hydrogen) atoms. The van der Waals surface area contributed by atoms with Crippen molar-refractivity contribution in [1.29, 1.82) is 0 Å². The van der Waals surface area contributed by atoms with Gasteiger partial charge in [0.1, 0.15) is 17.1 Å². The highest BCUT2D eigenvalue weighted by atomic mass is 35.5. The summed E-state index contributed by atoms with van der Waals surface area (Å²) in [6.07, 6.45) is -4.85. The molecule has 0 fully saturated rings. The van der Waals surface area contributed by atoms with Gasteiger partial charge in [-0.15, -0.1) is 0 Å². The zero-order chi connectivity index (χ0) is 10.2. The van der Waals surface area contributed by atoms with Gasteiger partial charge in [0.25, 0.3) is 0 Å². The van der Waals surface area contributed by atoms with Gasteiger partial charge in [-0.2, -0.15) is 13.2 Å². The minimum atomic E-state index is -4.85. The molecular formula is C7H3ClF4O. The van der Waals surface area contributed by atoms with Gasteiger partial charge >= 0.3 is 6.18 Å². The molecule has 0 spiro atoms. The van der Waals surface area contributed by atoms with Gasteiger partial charge < -0.3 is 5.11 Å². The van der Waals surface area contributed by atoms with Crippen molar-refractivity contribution in [2.24, 2.45) is 0 Å². The maximum atomic E-state index is 12.6. The average molecular weight is 215 g/mol. The Kier molecular flexibility index (Phi) is 2.38. The van der Waals surface area contributed by atoms with Crippen LogP contribution < -0.4 is 0 Å². The Labute approximate surface area is 75.6 Å². The maximum absolute atomic E-state index is 12.6. The molecule has 1 nitrogen and oxygen atoms in total. The van der Waals surface area contributed by atoms with Gasteiger partial charge in [-0.05, 0) is 6.07 Å². The van der Waals surface area contributed by atoms with Gasteiger partial charge in [0, 0.05) is 6.07 Å². The second kappa shape index (κ2) is 3.06. The van der Waals surface area contributed by atoms with Crippen molar-refractivity contribution >= 4 is 11.6 Å². The minimum absolute atomic E-state index is 0.356. The number of hydrogen-bond acceptors (Lipinski definition) is 1. The molecule has 0 saturated heterocycles. The first-order valence-electron chi connectivity index (χ1n) is 3.07. The van der Waals surface area contributed by atoms with E-state index in [1.165, 1.54) is 0 Å². The van der Waals surface area contributed by atoms with Gasteiger partial charge in [-0.3, -0.25) is 0 Å². The third-order valence-corrected chi connectivity index (χ3v) is 1.61. The molecule has 6 heteroatoms. The molecule has 0 aliphatic heterocycles. The SMILES string of the molecule is Oc1cc(F)c(C(F)(F)F)c(Cl)c1. The fraction of sp³-hybridized carbons (Fsp3) is 0.143. The lowest BCUT2D eigenvalue weighted by Gasteiger charge is -2.09. The first kappa shape index (κ1) is 10.1. The summed E-state index contributed by atoms with van der Waals surface area (Å²) in [4.78, 5) is 0. The summed E-state index contributed by atoms with van der Waals surface area (Å²) in [7, 11) is 0. The van der Waals surface area contributed by atoms with Crippen LogP contribution >= 0.6 is 11.6 Å². The van der Waals surface area contributed by atoms with Gasteiger partial charge in [-0.1, -0.05) is 11.6 Å². The summed E-state index contributed by atoms with van der Waals surface area (Å²) >= 11 is 5.10. The summed E-state index contributed by atoms with van der Waals surface area (Å²) < 4.78 is 48.7. The summed E-state index contributed by atoms with van der Waals surface area (Å²) in [6, 6.07) is 0.988. The predicted octanol–water partition coefficient (Wildman–Crippen LogP) is 3.20. The fourth-order valence-corrected chi connectivity index (χ4v) is 1.14. The van der Waals surface area contributed by atoms with E-state index in [0.29, 0.717) is 12.1 Å². The van der Waals surface area contributed by atoms with E-state index in [-0.39, 0.29) is 0 Å². The molecule has 0 aromatic heterocycles. The summed E-state index contributed by atoms with van der Waals surface area (Å²) in [6.45, 7) is 0. The Morgan fingerprint density at radius 3 is 2.15 bits per heavy atom. The van der Waals surface area contributed by atoms with E-state index in [1.54, 1.807) is 0 Å². The number of benzene rings is 1. The molecule has 0 heterocycles. The molecule has 1 rings (SSSR count). The van der Waals surface area contributed by atoms with Crippen LogP contribution in [0.3, 0.4) is 0 Å². The molecule has 0 amide bonds. The molecule has 0 aliphatic carbocycles. The Morgan fingerprint density at radius 2 is 1.77 bits per heavy atom. The first-order chi connectivity index (χ1) is 5.82. The lowest BCUT2D eigenvalue weighted by atomic mass is 10.2. The molecule has 0 aliphatic rings. The molecule has 0 bridgehead atoms. The Hall–Kier alpha value is -0.970. The largest absolute Gasteiger partial charge is 0.508 e. The first-order valence-corrected chi connectivity index (χ1v) is 3.45. The minimum Gasteiger partial charge on any atom is -0.508 e. The number of halogens is 5.